The summed E-state index contributed by atoms with van der Waals surface area (Å²) in [7, 11) is 0. The van der Waals surface area contributed by atoms with Gasteiger partial charge in [0.2, 0.25) is 11.7 Å². The lowest BCUT2D eigenvalue weighted by atomic mass is 9.92. The van der Waals surface area contributed by atoms with Crippen molar-refractivity contribution >= 4 is 17.8 Å². The number of benzene rings is 1. The standard InChI is InChI=1S/C22H24N6O5/c1-12(21(32)33)10-24-20(31)17-23-11-15(18(29)26-17)19(30)27-22(2,3)14-6-4-13(5-7-14)16-8-9-25-28-16/h4-9,11-12H,10H2,1-3H3,(H,24,31)(H,25,28)(H,27,30)(H,32,33)(H,23,26,29). The van der Waals surface area contributed by atoms with Crippen LogP contribution in [0, 0.1) is 5.92 Å². The van der Waals surface area contributed by atoms with E-state index in [1.54, 1.807) is 20.0 Å². The molecule has 33 heavy (non-hydrogen) atoms. The van der Waals surface area contributed by atoms with Gasteiger partial charge in [0.05, 0.1) is 17.2 Å². The van der Waals surface area contributed by atoms with Crippen molar-refractivity contribution in [2.75, 3.05) is 6.54 Å². The number of aliphatic carboxylic acids is 1. The van der Waals surface area contributed by atoms with E-state index in [1.807, 2.05) is 30.3 Å². The van der Waals surface area contributed by atoms with Gasteiger partial charge in [-0.3, -0.25) is 19.5 Å². The molecule has 0 aliphatic carbocycles. The molecule has 3 aromatic rings. The monoisotopic (exact) mass is 452 g/mol. The molecule has 0 radical (unpaired) electrons. The van der Waals surface area contributed by atoms with Gasteiger partial charge in [0, 0.05) is 24.5 Å². The molecule has 3 rings (SSSR count). The molecule has 2 aromatic heterocycles. The van der Waals surface area contributed by atoms with Crippen LogP contribution in [0.2, 0.25) is 0 Å². The Hall–Kier alpha value is -4.28. The van der Waals surface area contributed by atoms with E-state index >= 15 is 0 Å². The minimum absolute atomic E-state index is 0.131. The average molecular weight is 452 g/mol. The van der Waals surface area contributed by atoms with E-state index in [2.05, 4.69) is 30.8 Å². The minimum atomic E-state index is -1.07. The number of amides is 2. The summed E-state index contributed by atoms with van der Waals surface area (Å²) in [5.74, 6) is -4.30. The number of aromatic nitrogens is 4. The van der Waals surface area contributed by atoms with E-state index in [1.165, 1.54) is 6.92 Å². The Kier molecular flexibility index (Phi) is 6.71. The summed E-state index contributed by atoms with van der Waals surface area (Å²) in [6.07, 6.45) is 2.78. The quantitative estimate of drug-likeness (QED) is 0.344. The summed E-state index contributed by atoms with van der Waals surface area (Å²) in [4.78, 5) is 43.2. The maximum absolute atomic E-state index is 12.7. The Balaban J connectivity index is 1.69. The summed E-state index contributed by atoms with van der Waals surface area (Å²) in [5, 5.41) is 31.1. The van der Waals surface area contributed by atoms with Crippen molar-refractivity contribution in [3.05, 3.63) is 59.7 Å². The number of H-pyrrole nitrogens is 1. The summed E-state index contributed by atoms with van der Waals surface area (Å²) < 4.78 is 0. The number of carboxylic acids is 1. The number of hydrogen-bond donors (Lipinski definition) is 5. The van der Waals surface area contributed by atoms with Crippen LogP contribution in [0.4, 0.5) is 0 Å². The van der Waals surface area contributed by atoms with Gasteiger partial charge in [-0.05, 0) is 25.5 Å². The van der Waals surface area contributed by atoms with Gasteiger partial charge in [0.1, 0.15) is 5.56 Å². The molecule has 172 valence electrons. The topological polar surface area (TPSA) is 170 Å². The fraction of sp³-hybridized carbons (Fsp3) is 0.273. The minimum Gasteiger partial charge on any atom is -0.493 e. The first-order valence-electron chi connectivity index (χ1n) is 10.1. The van der Waals surface area contributed by atoms with Crippen molar-refractivity contribution in [3.63, 3.8) is 0 Å². The molecule has 0 saturated carbocycles. The molecule has 0 bridgehead atoms. The molecule has 0 aliphatic heterocycles. The Morgan fingerprint density at radius 2 is 1.82 bits per heavy atom. The van der Waals surface area contributed by atoms with Crippen LogP contribution in [0.5, 0.6) is 5.88 Å². The van der Waals surface area contributed by atoms with Crippen molar-refractivity contribution in [1.29, 1.82) is 0 Å². The van der Waals surface area contributed by atoms with Gasteiger partial charge >= 0.3 is 5.97 Å². The zero-order chi connectivity index (χ0) is 24.2. The lowest BCUT2D eigenvalue weighted by Gasteiger charge is -2.27. The van der Waals surface area contributed by atoms with Gasteiger partial charge in [-0.2, -0.15) is 10.1 Å². The Bertz CT molecular complexity index is 1160. The van der Waals surface area contributed by atoms with E-state index in [0.717, 1.165) is 23.0 Å². The largest absolute Gasteiger partial charge is 0.493 e. The molecule has 0 fully saturated rings. The number of carbonyl (C=O) groups is 3. The van der Waals surface area contributed by atoms with Gasteiger partial charge in [-0.15, -0.1) is 0 Å². The highest BCUT2D eigenvalue weighted by Crippen LogP contribution is 2.25. The maximum Gasteiger partial charge on any atom is 0.308 e. The summed E-state index contributed by atoms with van der Waals surface area (Å²) in [6.45, 7) is 4.91. The number of aromatic amines is 1. The highest BCUT2D eigenvalue weighted by molar-refractivity contribution is 5.97. The van der Waals surface area contributed by atoms with E-state index < -0.39 is 35.1 Å². The van der Waals surface area contributed by atoms with Crippen molar-refractivity contribution in [3.8, 4) is 17.1 Å². The summed E-state index contributed by atoms with van der Waals surface area (Å²) in [6, 6.07) is 9.36. The van der Waals surface area contributed by atoms with Crippen LogP contribution in [0.15, 0.2) is 42.7 Å². The number of carbonyl (C=O) groups excluding carboxylic acids is 2. The summed E-state index contributed by atoms with van der Waals surface area (Å²) in [5.41, 5.74) is 1.54. The number of nitrogens with one attached hydrogen (secondary N) is 3. The second-order valence-corrected chi connectivity index (χ2v) is 8.00. The average Bonchev–Trinajstić information content (AvgIpc) is 3.31. The first-order chi connectivity index (χ1) is 15.6. The zero-order valence-corrected chi connectivity index (χ0v) is 18.3. The van der Waals surface area contributed by atoms with Crippen molar-refractivity contribution in [2.45, 2.75) is 26.3 Å². The molecule has 1 unspecified atom stereocenters. The molecule has 11 heteroatoms. The Morgan fingerprint density at radius 1 is 1.12 bits per heavy atom. The highest BCUT2D eigenvalue weighted by Gasteiger charge is 2.26. The fourth-order valence-electron chi connectivity index (χ4n) is 2.96. The number of carboxylic acid groups (broad SMARTS) is 1. The first kappa shape index (κ1) is 23.4. The highest BCUT2D eigenvalue weighted by atomic mass is 16.4. The number of nitrogens with zero attached hydrogens (tertiary/aromatic N) is 3. The smallest absolute Gasteiger partial charge is 0.308 e. The normalized spacial score (nSPS) is 12.1. The Labute approximate surface area is 189 Å². The third kappa shape index (κ3) is 5.50. The molecule has 2 heterocycles. The van der Waals surface area contributed by atoms with E-state index in [9.17, 15) is 19.5 Å². The molecule has 1 atom stereocenters. The molecular formula is C22H24N6O5. The fourth-order valence-corrected chi connectivity index (χ4v) is 2.96. The SMILES string of the molecule is CC(CNC(=O)c1ncc(C(=O)NC(C)(C)c2ccc(-c3cc[nH]n3)cc2)c(O)n1)C(=O)O. The van der Waals surface area contributed by atoms with Crippen LogP contribution in [0.3, 0.4) is 0 Å². The van der Waals surface area contributed by atoms with E-state index in [0.29, 0.717) is 0 Å². The second-order valence-electron chi connectivity index (χ2n) is 8.00. The molecule has 5 N–H and O–H groups in total. The van der Waals surface area contributed by atoms with Crippen molar-refractivity contribution in [2.24, 2.45) is 5.92 Å². The van der Waals surface area contributed by atoms with Gasteiger partial charge < -0.3 is 20.8 Å². The molecule has 2 amide bonds. The number of rotatable bonds is 8. The van der Waals surface area contributed by atoms with Crippen molar-refractivity contribution < 1.29 is 24.6 Å². The lowest BCUT2D eigenvalue weighted by molar-refractivity contribution is -0.140. The maximum atomic E-state index is 12.7. The third-order valence-corrected chi connectivity index (χ3v) is 5.04. The van der Waals surface area contributed by atoms with E-state index in [4.69, 9.17) is 5.11 Å². The molecule has 1 aromatic carbocycles. The van der Waals surface area contributed by atoms with Crippen molar-refractivity contribution in [1.82, 2.24) is 30.8 Å². The van der Waals surface area contributed by atoms with Gasteiger partial charge in [0.15, 0.2) is 0 Å². The molecule has 11 nitrogen and oxygen atoms in total. The van der Waals surface area contributed by atoms with Crippen LogP contribution in [0.1, 0.15) is 47.3 Å². The predicted octanol–water partition coefficient (Wildman–Crippen LogP) is 1.69. The van der Waals surface area contributed by atoms with Crippen LogP contribution in [-0.2, 0) is 10.3 Å². The van der Waals surface area contributed by atoms with Crippen LogP contribution in [0.25, 0.3) is 11.3 Å². The second kappa shape index (κ2) is 9.47. The van der Waals surface area contributed by atoms with E-state index in [-0.39, 0.29) is 17.9 Å². The van der Waals surface area contributed by atoms with Crippen LogP contribution < -0.4 is 10.6 Å². The molecule has 0 aliphatic rings. The summed E-state index contributed by atoms with van der Waals surface area (Å²) >= 11 is 0. The Morgan fingerprint density at radius 3 is 2.39 bits per heavy atom. The number of aromatic hydroxyl groups is 1. The van der Waals surface area contributed by atoms with Gasteiger partial charge in [0.25, 0.3) is 11.8 Å². The molecule has 0 saturated heterocycles. The van der Waals surface area contributed by atoms with Crippen LogP contribution >= 0.6 is 0 Å². The third-order valence-electron chi connectivity index (χ3n) is 5.04. The lowest BCUT2D eigenvalue weighted by Crippen LogP contribution is -2.41. The molecular weight excluding hydrogens is 428 g/mol. The first-order valence-corrected chi connectivity index (χ1v) is 10.1. The van der Waals surface area contributed by atoms with Gasteiger partial charge in [-0.1, -0.05) is 31.2 Å². The van der Waals surface area contributed by atoms with Crippen LogP contribution in [-0.4, -0.2) is 54.7 Å². The molecule has 0 spiro atoms. The predicted molar refractivity (Wildman–Crippen MR) is 117 cm³/mol. The van der Waals surface area contributed by atoms with Gasteiger partial charge in [-0.25, -0.2) is 4.98 Å². The zero-order valence-electron chi connectivity index (χ0n) is 18.3. The number of hydrogen-bond acceptors (Lipinski definition) is 7.